The average molecular weight is 337 g/mol. The SMILES string of the molecule is COc1cc(Cl)ccc1C(=O)N1CCCN(C2CCCC2)CC1. The van der Waals surface area contributed by atoms with Crippen LogP contribution in [-0.4, -0.2) is 55.0 Å². The molecule has 1 aliphatic carbocycles. The summed E-state index contributed by atoms with van der Waals surface area (Å²) in [5, 5.41) is 0.585. The molecule has 0 unspecified atom stereocenters. The van der Waals surface area contributed by atoms with E-state index in [4.69, 9.17) is 16.3 Å². The van der Waals surface area contributed by atoms with Crippen LogP contribution in [0.25, 0.3) is 0 Å². The lowest BCUT2D eigenvalue weighted by Crippen LogP contribution is -2.38. The number of ether oxygens (including phenoxy) is 1. The highest BCUT2D eigenvalue weighted by Gasteiger charge is 2.27. The second-order valence-corrected chi connectivity index (χ2v) is 6.90. The van der Waals surface area contributed by atoms with Gasteiger partial charge in [-0.25, -0.2) is 0 Å². The fourth-order valence-corrected chi connectivity index (χ4v) is 3.95. The van der Waals surface area contributed by atoms with Crippen molar-refractivity contribution in [2.75, 3.05) is 33.3 Å². The first-order chi connectivity index (χ1) is 11.2. The highest BCUT2D eigenvalue weighted by atomic mass is 35.5. The number of halogens is 1. The van der Waals surface area contributed by atoms with Crippen LogP contribution in [0.5, 0.6) is 5.75 Å². The van der Waals surface area contributed by atoms with Crippen molar-refractivity contribution in [3.8, 4) is 5.75 Å². The smallest absolute Gasteiger partial charge is 0.257 e. The maximum Gasteiger partial charge on any atom is 0.257 e. The quantitative estimate of drug-likeness (QED) is 0.847. The number of carbonyl (C=O) groups is 1. The van der Waals surface area contributed by atoms with Gasteiger partial charge in [-0.3, -0.25) is 9.69 Å². The van der Waals surface area contributed by atoms with Gasteiger partial charge in [0.1, 0.15) is 5.75 Å². The summed E-state index contributed by atoms with van der Waals surface area (Å²) in [7, 11) is 1.58. The number of amides is 1. The average Bonchev–Trinajstić information content (AvgIpc) is 2.99. The van der Waals surface area contributed by atoms with Crippen molar-refractivity contribution >= 4 is 17.5 Å². The molecule has 126 valence electrons. The Kier molecular flexibility index (Phi) is 5.44. The molecule has 1 saturated carbocycles. The van der Waals surface area contributed by atoms with Crippen LogP contribution in [0.2, 0.25) is 5.02 Å². The maximum absolute atomic E-state index is 12.9. The lowest BCUT2D eigenvalue weighted by molar-refractivity contribution is 0.0755. The molecule has 23 heavy (non-hydrogen) atoms. The van der Waals surface area contributed by atoms with Gasteiger partial charge in [-0.15, -0.1) is 0 Å². The molecule has 0 spiro atoms. The van der Waals surface area contributed by atoms with Crippen molar-refractivity contribution in [2.24, 2.45) is 0 Å². The molecule has 1 amide bonds. The van der Waals surface area contributed by atoms with E-state index in [1.54, 1.807) is 25.3 Å². The third-order valence-electron chi connectivity index (χ3n) is 5.05. The molecule has 4 nitrogen and oxygen atoms in total. The second kappa shape index (κ2) is 7.54. The summed E-state index contributed by atoms with van der Waals surface area (Å²) >= 11 is 5.99. The summed E-state index contributed by atoms with van der Waals surface area (Å²) in [6.07, 6.45) is 6.38. The number of benzene rings is 1. The Hall–Kier alpha value is -1.26. The predicted octanol–water partition coefficient (Wildman–Crippen LogP) is 3.44. The Labute approximate surface area is 143 Å². The molecule has 0 aromatic heterocycles. The minimum absolute atomic E-state index is 0.0480. The van der Waals surface area contributed by atoms with Crippen LogP contribution >= 0.6 is 11.6 Å². The molecule has 1 heterocycles. The molecule has 0 atom stereocenters. The Bertz CT molecular complexity index is 558. The zero-order valence-corrected chi connectivity index (χ0v) is 14.5. The molecule has 0 N–H and O–H groups in total. The van der Waals surface area contributed by atoms with E-state index in [0.29, 0.717) is 16.3 Å². The van der Waals surface area contributed by atoms with Gasteiger partial charge in [-0.2, -0.15) is 0 Å². The predicted molar refractivity (Wildman–Crippen MR) is 92.4 cm³/mol. The molecule has 3 rings (SSSR count). The molecular formula is C18H25ClN2O2. The Morgan fingerprint density at radius 2 is 1.91 bits per heavy atom. The fourth-order valence-electron chi connectivity index (χ4n) is 3.79. The standard InChI is InChI=1S/C18H25ClN2O2/c1-23-17-13-14(19)7-8-16(17)18(22)21-10-4-9-20(11-12-21)15-5-2-3-6-15/h7-8,13,15H,2-6,9-12H2,1H3. The van der Waals surface area contributed by atoms with Gasteiger partial charge >= 0.3 is 0 Å². The van der Waals surface area contributed by atoms with Crippen molar-refractivity contribution < 1.29 is 9.53 Å². The van der Waals surface area contributed by atoms with Crippen molar-refractivity contribution in [1.82, 2.24) is 9.80 Å². The Balaban J connectivity index is 1.68. The first-order valence-corrected chi connectivity index (χ1v) is 8.93. The minimum atomic E-state index is 0.0480. The van der Waals surface area contributed by atoms with E-state index < -0.39 is 0 Å². The first kappa shape index (κ1) is 16.6. The molecule has 5 heteroatoms. The Morgan fingerprint density at radius 1 is 1.13 bits per heavy atom. The number of hydrogen-bond donors (Lipinski definition) is 0. The molecule has 1 aromatic carbocycles. The zero-order chi connectivity index (χ0) is 16.2. The summed E-state index contributed by atoms with van der Waals surface area (Å²) in [6.45, 7) is 3.69. The molecule has 0 radical (unpaired) electrons. The van der Waals surface area contributed by atoms with Gasteiger partial charge in [0, 0.05) is 37.2 Å². The monoisotopic (exact) mass is 336 g/mol. The lowest BCUT2D eigenvalue weighted by Gasteiger charge is -2.27. The van der Waals surface area contributed by atoms with Crippen LogP contribution in [0.1, 0.15) is 42.5 Å². The topological polar surface area (TPSA) is 32.8 Å². The minimum Gasteiger partial charge on any atom is -0.496 e. The highest BCUT2D eigenvalue weighted by Crippen LogP contribution is 2.27. The van der Waals surface area contributed by atoms with E-state index >= 15 is 0 Å². The normalized spacial score (nSPS) is 20.5. The molecule has 2 fully saturated rings. The third-order valence-corrected chi connectivity index (χ3v) is 5.29. The van der Waals surface area contributed by atoms with Gasteiger partial charge in [-0.1, -0.05) is 24.4 Å². The number of rotatable bonds is 3. The molecule has 1 aromatic rings. The van der Waals surface area contributed by atoms with E-state index in [2.05, 4.69) is 4.90 Å². The van der Waals surface area contributed by atoms with Crippen LogP contribution in [-0.2, 0) is 0 Å². The summed E-state index contributed by atoms with van der Waals surface area (Å²) < 4.78 is 5.33. The van der Waals surface area contributed by atoms with Crippen LogP contribution in [0.15, 0.2) is 18.2 Å². The number of nitrogens with zero attached hydrogens (tertiary/aromatic N) is 2. The van der Waals surface area contributed by atoms with E-state index in [1.807, 2.05) is 4.90 Å². The van der Waals surface area contributed by atoms with Crippen molar-refractivity contribution in [2.45, 2.75) is 38.1 Å². The maximum atomic E-state index is 12.9. The highest BCUT2D eigenvalue weighted by molar-refractivity contribution is 6.30. The van der Waals surface area contributed by atoms with Crippen molar-refractivity contribution in [1.29, 1.82) is 0 Å². The van der Waals surface area contributed by atoms with Crippen molar-refractivity contribution in [3.05, 3.63) is 28.8 Å². The second-order valence-electron chi connectivity index (χ2n) is 6.46. The van der Waals surface area contributed by atoms with E-state index in [0.717, 1.165) is 38.6 Å². The summed E-state index contributed by atoms with van der Waals surface area (Å²) in [5.41, 5.74) is 0.603. The van der Waals surface area contributed by atoms with Crippen molar-refractivity contribution in [3.63, 3.8) is 0 Å². The number of methoxy groups -OCH3 is 1. The lowest BCUT2D eigenvalue weighted by atomic mass is 10.1. The van der Waals surface area contributed by atoms with Crippen LogP contribution in [0.3, 0.4) is 0 Å². The van der Waals surface area contributed by atoms with Gasteiger partial charge < -0.3 is 9.64 Å². The summed E-state index contributed by atoms with van der Waals surface area (Å²) in [6, 6.07) is 5.95. The van der Waals surface area contributed by atoms with E-state index in [-0.39, 0.29) is 5.91 Å². The molecule has 2 aliphatic rings. The van der Waals surface area contributed by atoms with Crippen LogP contribution in [0.4, 0.5) is 0 Å². The largest absolute Gasteiger partial charge is 0.496 e. The first-order valence-electron chi connectivity index (χ1n) is 8.56. The van der Waals surface area contributed by atoms with Gasteiger partial charge in [0.15, 0.2) is 0 Å². The molecule has 0 bridgehead atoms. The van der Waals surface area contributed by atoms with Gasteiger partial charge in [-0.05, 0) is 37.5 Å². The zero-order valence-electron chi connectivity index (χ0n) is 13.8. The van der Waals surface area contributed by atoms with Crippen LogP contribution < -0.4 is 4.74 Å². The fraction of sp³-hybridized carbons (Fsp3) is 0.611. The summed E-state index contributed by atoms with van der Waals surface area (Å²) in [4.78, 5) is 17.4. The van der Waals surface area contributed by atoms with E-state index in [1.165, 1.54) is 25.7 Å². The van der Waals surface area contributed by atoms with Crippen LogP contribution in [0, 0.1) is 0 Å². The molecular weight excluding hydrogens is 312 g/mol. The number of hydrogen-bond acceptors (Lipinski definition) is 3. The third kappa shape index (κ3) is 3.81. The molecule has 1 saturated heterocycles. The van der Waals surface area contributed by atoms with E-state index in [9.17, 15) is 4.79 Å². The van der Waals surface area contributed by atoms with Gasteiger partial charge in [0.25, 0.3) is 5.91 Å². The van der Waals surface area contributed by atoms with Gasteiger partial charge in [0.05, 0.1) is 12.7 Å². The summed E-state index contributed by atoms with van der Waals surface area (Å²) in [5.74, 6) is 0.603. The van der Waals surface area contributed by atoms with Gasteiger partial charge in [0.2, 0.25) is 0 Å². The molecule has 1 aliphatic heterocycles. The Morgan fingerprint density at radius 3 is 2.65 bits per heavy atom. The number of carbonyl (C=O) groups excluding carboxylic acids is 1.